The number of carbonyl (C=O) groups is 1. The molecule has 1 amide bonds. The molecular formula is C20H24N6O3S. The lowest BCUT2D eigenvalue weighted by atomic mass is 10.2. The van der Waals surface area contributed by atoms with Gasteiger partial charge in [-0.25, -0.2) is 18.4 Å². The average Bonchev–Trinajstić information content (AvgIpc) is 3.46. The second-order valence-corrected chi connectivity index (χ2v) is 9.53. The SMILES string of the molecule is CCS(=O)(=O)Nc1cc(C)ccc1Nc1cc(NC(=O)C2CC2)nc2nc(C)[nH]c12. The van der Waals surface area contributed by atoms with E-state index in [2.05, 4.69) is 30.3 Å². The number of imidazole rings is 1. The Morgan fingerprint density at radius 2 is 1.90 bits per heavy atom. The number of fused-ring (bicyclic) bond motifs is 1. The lowest BCUT2D eigenvalue weighted by molar-refractivity contribution is -0.117. The van der Waals surface area contributed by atoms with Crippen LogP contribution < -0.4 is 15.4 Å². The molecule has 30 heavy (non-hydrogen) atoms. The maximum Gasteiger partial charge on any atom is 0.232 e. The number of benzene rings is 1. The molecule has 1 saturated carbocycles. The van der Waals surface area contributed by atoms with Crippen molar-refractivity contribution in [3.8, 4) is 0 Å². The molecule has 0 unspecified atom stereocenters. The van der Waals surface area contributed by atoms with E-state index in [0.29, 0.717) is 39.9 Å². The monoisotopic (exact) mass is 428 g/mol. The standard InChI is InChI=1S/C20H24N6O3S/c1-4-30(28,29)26-15-9-11(2)5-8-14(15)23-16-10-17(25-20(27)13-6-7-13)24-19-18(16)21-12(3)22-19/h5,8-10,13,26H,4,6-7H2,1-3H3,(H3,21,22,23,24,25,27). The van der Waals surface area contributed by atoms with Crippen LogP contribution in [0.1, 0.15) is 31.2 Å². The summed E-state index contributed by atoms with van der Waals surface area (Å²) in [5.74, 6) is 1.05. The number of carbonyl (C=O) groups excluding carboxylic acids is 1. The van der Waals surface area contributed by atoms with Crippen molar-refractivity contribution in [2.75, 3.05) is 21.1 Å². The Balaban J connectivity index is 1.73. The zero-order valence-electron chi connectivity index (χ0n) is 17.0. The van der Waals surface area contributed by atoms with E-state index in [4.69, 9.17) is 0 Å². The largest absolute Gasteiger partial charge is 0.352 e. The molecular weight excluding hydrogens is 404 g/mol. The summed E-state index contributed by atoms with van der Waals surface area (Å²) in [6.45, 7) is 5.29. The zero-order valence-corrected chi connectivity index (χ0v) is 17.9. The summed E-state index contributed by atoms with van der Waals surface area (Å²) in [7, 11) is -3.45. The lowest BCUT2D eigenvalue weighted by Gasteiger charge is -2.15. The van der Waals surface area contributed by atoms with Gasteiger partial charge in [-0.15, -0.1) is 0 Å². The van der Waals surface area contributed by atoms with Crippen molar-refractivity contribution in [2.45, 2.75) is 33.6 Å². The van der Waals surface area contributed by atoms with Gasteiger partial charge in [0.15, 0.2) is 5.65 Å². The Kier molecular flexibility index (Phi) is 5.10. The molecule has 0 aliphatic heterocycles. The number of anilines is 4. The summed E-state index contributed by atoms with van der Waals surface area (Å²) in [5, 5.41) is 6.12. The van der Waals surface area contributed by atoms with E-state index < -0.39 is 10.0 Å². The van der Waals surface area contributed by atoms with E-state index in [1.807, 2.05) is 19.9 Å². The van der Waals surface area contributed by atoms with Crippen molar-refractivity contribution < 1.29 is 13.2 Å². The van der Waals surface area contributed by atoms with Crippen LogP contribution in [0.4, 0.5) is 22.9 Å². The number of pyridine rings is 1. The van der Waals surface area contributed by atoms with Crippen LogP contribution in [0, 0.1) is 19.8 Å². The van der Waals surface area contributed by atoms with Crippen LogP contribution in [0.2, 0.25) is 0 Å². The van der Waals surface area contributed by atoms with Gasteiger partial charge in [-0.2, -0.15) is 0 Å². The molecule has 0 radical (unpaired) electrons. The molecule has 0 spiro atoms. The predicted molar refractivity (Wildman–Crippen MR) is 118 cm³/mol. The summed E-state index contributed by atoms with van der Waals surface area (Å²) in [6.07, 6.45) is 1.79. The van der Waals surface area contributed by atoms with Gasteiger partial charge < -0.3 is 15.6 Å². The van der Waals surface area contributed by atoms with Gasteiger partial charge in [0.25, 0.3) is 0 Å². The van der Waals surface area contributed by atoms with Crippen molar-refractivity contribution in [2.24, 2.45) is 5.92 Å². The second kappa shape index (κ2) is 7.60. The molecule has 4 N–H and O–H groups in total. The van der Waals surface area contributed by atoms with Crippen molar-refractivity contribution in [1.29, 1.82) is 0 Å². The number of nitrogens with zero attached hydrogens (tertiary/aromatic N) is 2. The maximum atomic E-state index is 12.2. The average molecular weight is 429 g/mol. The number of H-pyrrole nitrogens is 1. The molecule has 2 heterocycles. The van der Waals surface area contributed by atoms with E-state index in [1.54, 1.807) is 25.1 Å². The highest BCUT2D eigenvalue weighted by Gasteiger charge is 2.30. The first-order valence-electron chi connectivity index (χ1n) is 9.80. The minimum absolute atomic E-state index is 0.0308. The molecule has 1 fully saturated rings. The number of hydrogen-bond acceptors (Lipinski definition) is 6. The van der Waals surface area contributed by atoms with Crippen LogP contribution in [0.15, 0.2) is 24.3 Å². The second-order valence-electron chi connectivity index (χ2n) is 7.52. The lowest BCUT2D eigenvalue weighted by Crippen LogP contribution is -2.16. The first-order chi connectivity index (χ1) is 14.2. The van der Waals surface area contributed by atoms with Crippen molar-refractivity contribution in [3.05, 3.63) is 35.7 Å². The van der Waals surface area contributed by atoms with E-state index in [-0.39, 0.29) is 17.6 Å². The third-order valence-corrected chi connectivity index (χ3v) is 6.16. The van der Waals surface area contributed by atoms with E-state index in [1.165, 1.54) is 0 Å². The number of sulfonamides is 1. The van der Waals surface area contributed by atoms with Crippen LogP contribution >= 0.6 is 0 Å². The minimum Gasteiger partial charge on any atom is -0.352 e. The van der Waals surface area contributed by atoms with Crippen molar-refractivity contribution in [1.82, 2.24) is 15.0 Å². The summed E-state index contributed by atoms with van der Waals surface area (Å²) in [6, 6.07) is 7.18. The molecule has 2 aromatic heterocycles. The third-order valence-electron chi connectivity index (χ3n) is 4.87. The fourth-order valence-electron chi connectivity index (χ4n) is 3.08. The Hall–Kier alpha value is -3.14. The first-order valence-corrected chi connectivity index (χ1v) is 11.5. The number of aromatic amines is 1. The van der Waals surface area contributed by atoms with Crippen molar-refractivity contribution in [3.63, 3.8) is 0 Å². The molecule has 3 aromatic rings. The predicted octanol–water partition coefficient (Wildman–Crippen LogP) is 3.43. The fourth-order valence-corrected chi connectivity index (χ4v) is 3.72. The van der Waals surface area contributed by atoms with Gasteiger partial charge in [0.1, 0.15) is 17.2 Å². The number of aryl methyl sites for hydroxylation is 2. The van der Waals surface area contributed by atoms with Crippen LogP contribution in [0.5, 0.6) is 0 Å². The number of nitrogens with one attached hydrogen (secondary N) is 4. The zero-order chi connectivity index (χ0) is 21.5. The minimum atomic E-state index is -3.45. The van der Waals surface area contributed by atoms with Crippen LogP contribution in [0.3, 0.4) is 0 Å². The molecule has 9 nitrogen and oxygen atoms in total. The summed E-state index contributed by atoms with van der Waals surface area (Å²) in [5.41, 5.74) is 3.71. The summed E-state index contributed by atoms with van der Waals surface area (Å²) in [4.78, 5) is 24.2. The summed E-state index contributed by atoms with van der Waals surface area (Å²) >= 11 is 0. The molecule has 1 aliphatic carbocycles. The Labute approximate surface area is 174 Å². The number of rotatable bonds is 7. The quantitative estimate of drug-likeness (QED) is 0.456. The Morgan fingerprint density at radius 1 is 1.13 bits per heavy atom. The number of aromatic nitrogens is 3. The van der Waals surface area contributed by atoms with Gasteiger partial charge in [-0.1, -0.05) is 6.07 Å². The Bertz CT molecular complexity index is 1230. The van der Waals surface area contributed by atoms with E-state index >= 15 is 0 Å². The van der Waals surface area contributed by atoms with E-state index in [0.717, 1.165) is 18.4 Å². The van der Waals surface area contributed by atoms with Gasteiger partial charge in [0.2, 0.25) is 15.9 Å². The molecule has 10 heteroatoms. The van der Waals surface area contributed by atoms with Gasteiger partial charge >= 0.3 is 0 Å². The Morgan fingerprint density at radius 3 is 2.60 bits per heavy atom. The van der Waals surface area contributed by atoms with Gasteiger partial charge in [-0.05, 0) is 51.3 Å². The molecule has 0 atom stereocenters. The molecule has 1 aliphatic rings. The van der Waals surface area contributed by atoms with Gasteiger partial charge in [0.05, 0.1) is 22.8 Å². The van der Waals surface area contributed by atoms with E-state index in [9.17, 15) is 13.2 Å². The first kappa shape index (κ1) is 20.1. The summed E-state index contributed by atoms with van der Waals surface area (Å²) < 4.78 is 26.9. The highest BCUT2D eigenvalue weighted by Crippen LogP contribution is 2.33. The van der Waals surface area contributed by atoms with Gasteiger partial charge in [-0.3, -0.25) is 9.52 Å². The van der Waals surface area contributed by atoms with Crippen LogP contribution in [-0.2, 0) is 14.8 Å². The highest BCUT2D eigenvalue weighted by atomic mass is 32.2. The fraction of sp³-hybridized carbons (Fsp3) is 0.350. The normalized spacial score (nSPS) is 14.0. The number of amides is 1. The van der Waals surface area contributed by atoms with Gasteiger partial charge in [0, 0.05) is 12.0 Å². The molecule has 0 bridgehead atoms. The molecule has 0 saturated heterocycles. The topological polar surface area (TPSA) is 129 Å². The van der Waals surface area contributed by atoms with Crippen LogP contribution in [-0.4, -0.2) is 35.0 Å². The smallest absolute Gasteiger partial charge is 0.232 e. The van der Waals surface area contributed by atoms with Crippen molar-refractivity contribution >= 4 is 50.0 Å². The highest BCUT2D eigenvalue weighted by molar-refractivity contribution is 7.92. The molecule has 4 rings (SSSR count). The molecule has 1 aromatic carbocycles. The maximum absolute atomic E-state index is 12.2. The third kappa shape index (κ3) is 4.38. The number of hydrogen-bond donors (Lipinski definition) is 4. The van der Waals surface area contributed by atoms with Crippen LogP contribution in [0.25, 0.3) is 11.2 Å². The molecule has 158 valence electrons.